The van der Waals surface area contributed by atoms with Crippen molar-refractivity contribution in [3.8, 4) is 0 Å². The van der Waals surface area contributed by atoms with Crippen LogP contribution >= 0.6 is 15.9 Å². The molecule has 0 aliphatic carbocycles. The summed E-state index contributed by atoms with van der Waals surface area (Å²) in [7, 11) is 2.13. The molecule has 1 heterocycles. The summed E-state index contributed by atoms with van der Waals surface area (Å²) in [4.78, 5) is 6.60. The van der Waals surface area contributed by atoms with E-state index in [0.29, 0.717) is 0 Å². The average Bonchev–Trinajstić information content (AvgIpc) is 2.42. The molecule has 0 aliphatic rings. The van der Waals surface area contributed by atoms with E-state index in [2.05, 4.69) is 81.5 Å². The predicted octanol–water partition coefficient (Wildman–Crippen LogP) is 3.91. The lowest BCUT2D eigenvalue weighted by atomic mass is 10.2. The van der Waals surface area contributed by atoms with E-state index in [4.69, 9.17) is 0 Å². The molecule has 0 atom stereocenters. The minimum absolute atomic E-state index is 0.894. The summed E-state index contributed by atoms with van der Waals surface area (Å²) in [5.41, 5.74) is 2.59. The van der Waals surface area contributed by atoms with Crippen molar-refractivity contribution in [2.45, 2.75) is 20.0 Å². The van der Waals surface area contributed by atoms with Gasteiger partial charge in [-0.25, -0.2) is 4.98 Å². The van der Waals surface area contributed by atoms with E-state index in [1.165, 1.54) is 11.1 Å². The monoisotopic (exact) mass is 333 g/mol. The van der Waals surface area contributed by atoms with Crippen LogP contribution in [0.4, 0.5) is 5.82 Å². The molecule has 0 saturated carbocycles. The average molecular weight is 334 g/mol. The highest BCUT2D eigenvalue weighted by molar-refractivity contribution is 9.10. The third-order valence-electron chi connectivity index (χ3n) is 3.00. The number of anilines is 1. The van der Waals surface area contributed by atoms with Gasteiger partial charge in [-0.15, -0.1) is 0 Å². The normalized spacial score (nSPS) is 10.8. The smallest absolute Gasteiger partial charge is 0.126 e. The van der Waals surface area contributed by atoms with Gasteiger partial charge >= 0.3 is 0 Å². The molecule has 1 N–H and O–H groups in total. The number of benzene rings is 1. The van der Waals surface area contributed by atoms with Crippen molar-refractivity contribution in [1.29, 1.82) is 0 Å². The molecule has 0 aliphatic heterocycles. The highest BCUT2D eigenvalue weighted by Gasteiger charge is 2.03. The topological polar surface area (TPSA) is 28.2 Å². The van der Waals surface area contributed by atoms with E-state index in [0.717, 1.165) is 29.9 Å². The van der Waals surface area contributed by atoms with E-state index in [-0.39, 0.29) is 0 Å². The molecular weight excluding hydrogens is 314 g/mol. The Balaban J connectivity index is 1.95. The third kappa shape index (κ3) is 4.62. The second-order valence-corrected chi connectivity index (χ2v) is 5.79. The van der Waals surface area contributed by atoms with Gasteiger partial charge in [-0.2, -0.15) is 0 Å². The van der Waals surface area contributed by atoms with Crippen LogP contribution in [0.5, 0.6) is 0 Å². The second-order valence-electron chi connectivity index (χ2n) is 4.88. The summed E-state index contributed by atoms with van der Waals surface area (Å²) < 4.78 is 1.12. The van der Waals surface area contributed by atoms with Crippen LogP contribution in [0.25, 0.3) is 0 Å². The standard InChI is InChI=1S/C16H20BrN3/c1-3-18-16-10-14(8-9-19-16)12-20(2)11-13-4-6-15(17)7-5-13/h4-10H,3,11-12H2,1-2H3,(H,18,19). The Morgan fingerprint density at radius 1 is 1.10 bits per heavy atom. The zero-order valence-electron chi connectivity index (χ0n) is 11.9. The lowest BCUT2D eigenvalue weighted by Crippen LogP contribution is -2.17. The maximum Gasteiger partial charge on any atom is 0.126 e. The molecule has 1 aromatic heterocycles. The van der Waals surface area contributed by atoms with Gasteiger partial charge < -0.3 is 5.32 Å². The maximum atomic E-state index is 4.30. The molecule has 20 heavy (non-hydrogen) atoms. The van der Waals surface area contributed by atoms with Crippen LogP contribution < -0.4 is 5.32 Å². The Labute approximate surface area is 129 Å². The molecule has 106 valence electrons. The van der Waals surface area contributed by atoms with Crippen molar-refractivity contribution < 1.29 is 0 Å². The molecule has 2 aromatic rings. The Morgan fingerprint density at radius 3 is 2.50 bits per heavy atom. The summed E-state index contributed by atoms with van der Waals surface area (Å²) in [6, 6.07) is 12.6. The van der Waals surface area contributed by atoms with Crippen molar-refractivity contribution >= 4 is 21.7 Å². The largest absolute Gasteiger partial charge is 0.370 e. The SMILES string of the molecule is CCNc1cc(CN(C)Cc2ccc(Br)cc2)ccn1. The number of halogens is 1. The van der Waals surface area contributed by atoms with Crippen molar-refractivity contribution in [3.05, 3.63) is 58.2 Å². The van der Waals surface area contributed by atoms with E-state index in [1.807, 2.05) is 6.20 Å². The minimum Gasteiger partial charge on any atom is -0.370 e. The summed E-state index contributed by atoms with van der Waals surface area (Å²) in [5.74, 6) is 0.946. The highest BCUT2D eigenvalue weighted by atomic mass is 79.9. The van der Waals surface area contributed by atoms with E-state index in [9.17, 15) is 0 Å². The number of pyridine rings is 1. The first-order valence-electron chi connectivity index (χ1n) is 6.79. The van der Waals surface area contributed by atoms with Gasteiger partial charge in [0.05, 0.1) is 0 Å². The summed E-state index contributed by atoms with van der Waals surface area (Å²) in [5, 5.41) is 3.24. The zero-order chi connectivity index (χ0) is 14.4. The fourth-order valence-corrected chi connectivity index (χ4v) is 2.38. The van der Waals surface area contributed by atoms with Crippen LogP contribution in [0.3, 0.4) is 0 Å². The van der Waals surface area contributed by atoms with Gasteiger partial charge in [-0.1, -0.05) is 28.1 Å². The minimum atomic E-state index is 0.894. The van der Waals surface area contributed by atoms with Crippen LogP contribution in [-0.2, 0) is 13.1 Å². The fraction of sp³-hybridized carbons (Fsp3) is 0.312. The quantitative estimate of drug-likeness (QED) is 0.868. The van der Waals surface area contributed by atoms with Crippen molar-refractivity contribution in [3.63, 3.8) is 0 Å². The number of nitrogens with zero attached hydrogens (tertiary/aromatic N) is 2. The summed E-state index contributed by atoms with van der Waals surface area (Å²) in [6.07, 6.45) is 1.86. The fourth-order valence-electron chi connectivity index (χ4n) is 2.12. The molecule has 0 radical (unpaired) electrons. The van der Waals surface area contributed by atoms with Crippen LogP contribution in [0.2, 0.25) is 0 Å². The Morgan fingerprint density at radius 2 is 1.80 bits per heavy atom. The number of rotatable bonds is 6. The van der Waals surface area contributed by atoms with Gasteiger partial charge in [0.1, 0.15) is 5.82 Å². The third-order valence-corrected chi connectivity index (χ3v) is 3.53. The molecule has 0 fully saturated rings. The van der Waals surface area contributed by atoms with Crippen LogP contribution in [-0.4, -0.2) is 23.5 Å². The van der Waals surface area contributed by atoms with Crippen molar-refractivity contribution in [2.24, 2.45) is 0 Å². The molecule has 1 aromatic carbocycles. The molecule has 3 nitrogen and oxygen atoms in total. The van der Waals surface area contributed by atoms with Gasteiger partial charge in [0, 0.05) is 30.3 Å². The molecular formula is C16H20BrN3. The van der Waals surface area contributed by atoms with E-state index < -0.39 is 0 Å². The van der Waals surface area contributed by atoms with Gasteiger partial charge in [-0.3, -0.25) is 4.90 Å². The first-order valence-corrected chi connectivity index (χ1v) is 7.58. The van der Waals surface area contributed by atoms with E-state index >= 15 is 0 Å². The van der Waals surface area contributed by atoms with Gasteiger partial charge in [-0.05, 0) is 49.4 Å². The molecule has 0 bridgehead atoms. The lowest BCUT2D eigenvalue weighted by molar-refractivity contribution is 0.319. The number of nitrogens with one attached hydrogen (secondary N) is 1. The Bertz CT molecular complexity index is 540. The molecule has 0 amide bonds. The van der Waals surface area contributed by atoms with Gasteiger partial charge in [0.2, 0.25) is 0 Å². The van der Waals surface area contributed by atoms with E-state index in [1.54, 1.807) is 0 Å². The van der Waals surface area contributed by atoms with Gasteiger partial charge in [0.25, 0.3) is 0 Å². The van der Waals surface area contributed by atoms with Crippen LogP contribution in [0.15, 0.2) is 47.1 Å². The van der Waals surface area contributed by atoms with Crippen molar-refractivity contribution in [1.82, 2.24) is 9.88 Å². The molecule has 0 saturated heterocycles. The Hall–Kier alpha value is -1.39. The molecule has 4 heteroatoms. The molecule has 2 rings (SSSR count). The highest BCUT2D eigenvalue weighted by Crippen LogP contribution is 2.14. The predicted molar refractivity (Wildman–Crippen MR) is 87.7 cm³/mol. The summed E-state index contributed by atoms with van der Waals surface area (Å²) >= 11 is 3.46. The maximum absolute atomic E-state index is 4.30. The lowest BCUT2D eigenvalue weighted by Gasteiger charge is -2.17. The molecule has 0 unspecified atom stereocenters. The first kappa shape index (κ1) is 15.0. The van der Waals surface area contributed by atoms with Crippen LogP contribution in [0, 0.1) is 0 Å². The van der Waals surface area contributed by atoms with Crippen molar-refractivity contribution in [2.75, 3.05) is 18.9 Å². The number of aromatic nitrogens is 1. The molecule has 0 spiro atoms. The second kappa shape index (κ2) is 7.41. The number of hydrogen-bond donors (Lipinski definition) is 1. The zero-order valence-corrected chi connectivity index (χ0v) is 13.5. The van der Waals surface area contributed by atoms with Crippen LogP contribution in [0.1, 0.15) is 18.1 Å². The summed E-state index contributed by atoms with van der Waals surface area (Å²) in [6.45, 7) is 4.82. The first-order chi connectivity index (χ1) is 9.67. The number of hydrogen-bond acceptors (Lipinski definition) is 3. The Kier molecular flexibility index (Phi) is 5.56. The van der Waals surface area contributed by atoms with Gasteiger partial charge in [0.15, 0.2) is 0 Å².